The molecule has 0 radical (unpaired) electrons. The number of phenols is 1. The molecule has 0 heterocycles. The number of benzene rings is 2. The van der Waals surface area contributed by atoms with Gasteiger partial charge < -0.3 is 5.11 Å². The van der Waals surface area contributed by atoms with Gasteiger partial charge in [-0.2, -0.15) is 8.78 Å². The van der Waals surface area contributed by atoms with Gasteiger partial charge in [-0.1, -0.05) is 32.6 Å². The number of hydrogen-bond donors (Lipinski definition) is 1. The van der Waals surface area contributed by atoms with E-state index in [0.29, 0.717) is 6.42 Å². The van der Waals surface area contributed by atoms with Crippen LogP contribution in [0.1, 0.15) is 44.6 Å². The third-order valence-corrected chi connectivity index (χ3v) is 4.37. The lowest BCUT2D eigenvalue weighted by molar-refractivity contribution is 0.357. The first-order valence-electron chi connectivity index (χ1n) is 8.55. The molecule has 0 aromatic heterocycles. The predicted molar refractivity (Wildman–Crippen MR) is 85.7 cm³/mol. The monoisotopic (exact) mass is 412 g/mol. The van der Waals surface area contributed by atoms with E-state index in [1.54, 1.807) is 0 Å². The number of phenolic OH excluding ortho intramolecular Hbond substituents is 1. The van der Waals surface area contributed by atoms with Crippen LogP contribution in [-0.2, 0) is 6.42 Å². The van der Waals surface area contributed by atoms with E-state index < -0.39 is 69.0 Å². The fourth-order valence-electron chi connectivity index (χ4n) is 2.86. The van der Waals surface area contributed by atoms with E-state index in [0.717, 1.165) is 19.3 Å². The maximum Gasteiger partial charge on any atom is 0.204 e. The molecule has 0 aliphatic rings. The van der Waals surface area contributed by atoms with Crippen LogP contribution < -0.4 is 0 Å². The second-order valence-electron chi connectivity index (χ2n) is 6.25. The molecule has 1 N–H and O–H groups in total. The second kappa shape index (κ2) is 8.79. The third kappa shape index (κ3) is 3.79. The minimum absolute atomic E-state index is 0.206. The van der Waals surface area contributed by atoms with Gasteiger partial charge in [-0.3, -0.25) is 0 Å². The molecule has 2 aromatic rings. The Hall–Kier alpha value is -2.32. The van der Waals surface area contributed by atoms with Gasteiger partial charge in [0.1, 0.15) is 0 Å². The average Bonchev–Trinajstić information content (AvgIpc) is 2.68. The van der Waals surface area contributed by atoms with Gasteiger partial charge in [-0.15, -0.1) is 0 Å². The second-order valence-corrected chi connectivity index (χ2v) is 6.25. The highest BCUT2D eigenvalue weighted by molar-refractivity contribution is 5.68. The molecule has 0 saturated heterocycles. The molecule has 2 rings (SSSR count). The van der Waals surface area contributed by atoms with Crippen molar-refractivity contribution in [2.75, 3.05) is 0 Å². The van der Waals surface area contributed by atoms with Gasteiger partial charge in [-0.25, -0.2) is 26.3 Å². The fraction of sp³-hybridized carbons (Fsp3) is 0.368. The summed E-state index contributed by atoms with van der Waals surface area (Å²) < 4.78 is 112. The lowest BCUT2D eigenvalue weighted by Gasteiger charge is -2.14. The zero-order valence-electron chi connectivity index (χ0n) is 14.7. The van der Waals surface area contributed by atoms with Crippen LogP contribution in [0.25, 0.3) is 11.1 Å². The Morgan fingerprint density at radius 3 is 1.36 bits per heavy atom. The molecule has 0 aliphatic carbocycles. The zero-order chi connectivity index (χ0) is 21.2. The van der Waals surface area contributed by atoms with E-state index in [1.807, 2.05) is 6.92 Å². The van der Waals surface area contributed by atoms with Crippen LogP contribution in [0.5, 0.6) is 5.75 Å². The van der Waals surface area contributed by atoms with Crippen molar-refractivity contribution in [1.82, 2.24) is 0 Å². The Bertz CT molecular complexity index is 836. The fourth-order valence-corrected chi connectivity index (χ4v) is 2.86. The quantitative estimate of drug-likeness (QED) is 0.305. The number of hydrogen-bond acceptors (Lipinski definition) is 1. The van der Waals surface area contributed by atoms with Gasteiger partial charge in [0, 0.05) is 5.56 Å². The van der Waals surface area contributed by atoms with Gasteiger partial charge in [0.25, 0.3) is 0 Å². The van der Waals surface area contributed by atoms with E-state index in [2.05, 4.69) is 0 Å². The standard InChI is InChI=1S/C19H16F8O/c1-2-3-4-5-6-7-8-11(20)13(22)9(14(23)12(8)21)10-15(24)17(26)19(28)18(27)16(10)25/h28H,2-7H2,1H3. The number of unbranched alkanes of at least 4 members (excludes halogenated alkanes) is 4. The van der Waals surface area contributed by atoms with Gasteiger partial charge in [-0.05, 0) is 12.8 Å². The normalized spacial score (nSPS) is 11.3. The van der Waals surface area contributed by atoms with Crippen LogP contribution in [0.3, 0.4) is 0 Å². The molecule has 9 heteroatoms. The van der Waals surface area contributed by atoms with E-state index in [4.69, 9.17) is 5.11 Å². The summed E-state index contributed by atoms with van der Waals surface area (Å²) >= 11 is 0. The Kier molecular flexibility index (Phi) is 6.90. The molecule has 0 atom stereocenters. The highest BCUT2D eigenvalue weighted by Gasteiger charge is 2.33. The SMILES string of the molecule is CCCCCCCc1c(F)c(F)c(-c2c(F)c(F)c(O)c(F)c2F)c(F)c1F. The van der Waals surface area contributed by atoms with E-state index in [9.17, 15) is 35.1 Å². The lowest BCUT2D eigenvalue weighted by atomic mass is 9.96. The van der Waals surface area contributed by atoms with Crippen LogP contribution >= 0.6 is 0 Å². The molecule has 2 aromatic carbocycles. The maximum atomic E-state index is 14.3. The van der Waals surface area contributed by atoms with Crippen molar-refractivity contribution in [2.24, 2.45) is 0 Å². The summed E-state index contributed by atoms with van der Waals surface area (Å²) in [4.78, 5) is 0. The van der Waals surface area contributed by atoms with Crippen LogP contribution in [0.2, 0.25) is 0 Å². The Balaban J connectivity index is 2.58. The lowest BCUT2D eigenvalue weighted by Crippen LogP contribution is -2.10. The van der Waals surface area contributed by atoms with Crippen molar-refractivity contribution in [3.8, 4) is 16.9 Å². The minimum atomic E-state index is -2.39. The topological polar surface area (TPSA) is 20.2 Å². The van der Waals surface area contributed by atoms with E-state index in [1.165, 1.54) is 0 Å². The summed E-state index contributed by atoms with van der Waals surface area (Å²) in [6.45, 7) is 1.94. The van der Waals surface area contributed by atoms with Crippen molar-refractivity contribution < 1.29 is 40.2 Å². The summed E-state index contributed by atoms with van der Waals surface area (Å²) in [5.74, 6) is -19.7. The highest BCUT2D eigenvalue weighted by atomic mass is 19.2. The number of halogens is 8. The molecular weight excluding hydrogens is 396 g/mol. The molecule has 0 fully saturated rings. The predicted octanol–water partition coefficient (Wildman–Crippen LogP) is 6.68. The molecule has 1 nitrogen and oxygen atoms in total. The van der Waals surface area contributed by atoms with Gasteiger partial charge >= 0.3 is 0 Å². The molecule has 0 aliphatic heterocycles. The van der Waals surface area contributed by atoms with E-state index >= 15 is 0 Å². The molecule has 0 unspecified atom stereocenters. The number of aromatic hydroxyl groups is 1. The van der Waals surface area contributed by atoms with Gasteiger partial charge in [0.05, 0.1) is 11.1 Å². The highest BCUT2D eigenvalue weighted by Crippen LogP contribution is 2.39. The van der Waals surface area contributed by atoms with Crippen LogP contribution in [0.4, 0.5) is 35.1 Å². The Morgan fingerprint density at radius 2 is 0.929 bits per heavy atom. The van der Waals surface area contributed by atoms with Crippen LogP contribution in [0.15, 0.2) is 0 Å². The molecular formula is C19H16F8O. The molecule has 154 valence electrons. The van der Waals surface area contributed by atoms with Crippen molar-refractivity contribution >= 4 is 0 Å². The number of rotatable bonds is 7. The van der Waals surface area contributed by atoms with Crippen LogP contribution in [0, 0.1) is 46.5 Å². The minimum Gasteiger partial charge on any atom is -0.503 e. The third-order valence-electron chi connectivity index (χ3n) is 4.37. The summed E-state index contributed by atoms with van der Waals surface area (Å²) in [7, 11) is 0. The first kappa shape index (κ1) is 22.0. The van der Waals surface area contributed by atoms with Gasteiger partial charge in [0.15, 0.2) is 40.7 Å². The zero-order valence-corrected chi connectivity index (χ0v) is 14.7. The maximum absolute atomic E-state index is 14.3. The largest absolute Gasteiger partial charge is 0.503 e. The molecule has 0 bridgehead atoms. The molecule has 0 amide bonds. The molecule has 0 saturated carbocycles. The Morgan fingerprint density at radius 1 is 0.536 bits per heavy atom. The summed E-state index contributed by atoms with van der Waals surface area (Å²) in [5.41, 5.74) is -4.89. The van der Waals surface area contributed by atoms with Crippen molar-refractivity contribution in [3.05, 3.63) is 52.1 Å². The van der Waals surface area contributed by atoms with E-state index in [-0.39, 0.29) is 12.8 Å². The average molecular weight is 412 g/mol. The summed E-state index contributed by atoms with van der Waals surface area (Å²) in [5, 5.41) is 8.92. The van der Waals surface area contributed by atoms with Gasteiger partial charge in [0.2, 0.25) is 11.6 Å². The molecule has 0 spiro atoms. The first-order valence-corrected chi connectivity index (χ1v) is 8.55. The smallest absolute Gasteiger partial charge is 0.204 e. The summed E-state index contributed by atoms with van der Waals surface area (Å²) in [6, 6.07) is 0. The van der Waals surface area contributed by atoms with Crippen molar-refractivity contribution in [2.45, 2.75) is 45.4 Å². The van der Waals surface area contributed by atoms with Crippen molar-refractivity contribution in [1.29, 1.82) is 0 Å². The Labute approximate surface area is 155 Å². The van der Waals surface area contributed by atoms with Crippen molar-refractivity contribution in [3.63, 3.8) is 0 Å². The molecule has 28 heavy (non-hydrogen) atoms. The summed E-state index contributed by atoms with van der Waals surface area (Å²) in [6.07, 6.45) is 2.87. The first-order chi connectivity index (χ1) is 13.1. The van der Waals surface area contributed by atoms with Crippen LogP contribution in [-0.4, -0.2) is 5.11 Å².